The topological polar surface area (TPSA) is 38.7 Å². The summed E-state index contributed by atoms with van der Waals surface area (Å²) in [7, 11) is 3.20. The maximum absolute atomic E-state index is 9.11. The van der Waals surface area contributed by atoms with E-state index in [1.54, 1.807) is 20.3 Å². The van der Waals surface area contributed by atoms with Gasteiger partial charge in [0, 0.05) is 23.3 Å². The van der Waals surface area contributed by atoms with Crippen LogP contribution in [0, 0.1) is 0 Å². The Bertz CT molecular complexity index is 389. The lowest BCUT2D eigenvalue weighted by Crippen LogP contribution is -2.05. The van der Waals surface area contributed by atoms with E-state index in [0.29, 0.717) is 22.9 Å². The monoisotopic (exact) mass is 258 g/mol. The minimum absolute atomic E-state index is 0.0644. The maximum atomic E-state index is 9.11. The van der Waals surface area contributed by atoms with Crippen molar-refractivity contribution >= 4 is 11.6 Å². The summed E-state index contributed by atoms with van der Waals surface area (Å²) in [6.45, 7) is 4.19. The van der Waals surface area contributed by atoms with Crippen LogP contribution in [0.3, 0.4) is 0 Å². The van der Waals surface area contributed by atoms with Gasteiger partial charge in [0.15, 0.2) is 11.5 Å². The zero-order valence-corrected chi connectivity index (χ0v) is 11.5. The van der Waals surface area contributed by atoms with Crippen LogP contribution in [-0.4, -0.2) is 25.9 Å². The Morgan fingerprint density at radius 2 is 1.94 bits per heavy atom. The molecule has 0 aliphatic rings. The van der Waals surface area contributed by atoms with Crippen molar-refractivity contribution in [2.24, 2.45) is 0 Å². The molecule has 1 rings (SSSR count). The molecule has 0 heterocycles. The highest BCUT2D eigenvalue weighted by atomic mass is 35.5. The van der Waals surface area contributed by atoms with Crippen molar-refractivity contribution in [3.63, 3.8) is 0 Å². The molecule has 4 heteroatoms. The second-order valence-corrected chi connectivity index (χ2v) is 4.52. The number of hydrogen-bond acceptors (Lipinski definition) is 3. The van der Waals surface area contributed by atoms with Crippen LogP contribution < -0.4 is 9.47 Å². The minimum Gasteiger partial charge on any atom is -0.493 e. The van der Waals surface area contributed by atoms with Gasteiger partial charge in [-0.05, 0) is 17.9 Å². The molecule has 3 nitrogen and oxygen atoms in total. The molecule has 0 saturated carbocycles. The van der Waals surface area contributed by atoms with E-state index in [1.807, 2.05) is 0 Å². The molecule has 0 amide bonds. The number of methoxy groups -OCH3 is 2. The molecule has 0 aliphatic heterocycles. The summed E-state index contributed by atoms with van der Waals surface area (Å²) >= 11 is 6.22. The zero-order chi connectivity index (χ0) is 13.0. The van der Waals surface area contributed by atoms with Crippen molar-refractivity contribution in [3.05, 3.63) is 22.2 Å². The van der Waals surface area contributed by atoms with E-state index in [2.05, 4.69) is 13.8 Å². The number of rotatable bonds is 5. The second kappa shape index (κ2) is 6.12. The molecular weight excluding hydrogens is 240 g/mol. The Morgan fingerprint density at radius 3 is 2.35 bits per heavy atom. The van der Waals surface area contributed by atoms with Crippen molar-refractivity contribution in [1.82, 2.24) is 0 Å². The fourth-order valence-electron chi connectivity index (χ4n) is 2.00. The molecular formula is C13H19ClO3. The van der Waals surface area contributed by atoms with E-state index in [9.17, 15) is 0 Å². The fourth-order valence-corrected chi connectivity index (χ4v) is 2.30. The number of hydrogen-bond donors (Lipinski definition) is 1. The van der Waals surface area contributed by atoms with Crippen LogP contribution in [0.15, 0.2) is 6.07 Å². The molecule has 17 heavy (non-hydrogen) atoms. The van der Waals surface area contributed by atoms with E-state index >= 15 is 0 Å². The highest BCUT2D eigenvalue weighted by molar-refractivity contribution is 6.31. The molecule has 1 aromatic rings. The summed E-state index contributed by atoms with van der Waals surface area (Å²) in [6, 6.07) is 1.73. The second-order valence-electron chi connectivity index (χ2n) is 4.11. The molecule has 0 bridgehead atoms. The smallest absolute Gasteiger partial charge is 0.164 e. The molecule has 0 saturated heterocycles. The molecule has 0 unspecified atom stereocenters. The van der Waals surface area contributed by atoms with Crippen molar-refractivity contribution < 1.29 is 14.6 Å². The Balaban J connectivity index is 3.48. The molecule has 0 aromatic heterocycles. The lowest BCUT2D eigenvalue weighted by atomic mass is 9.93. The normalized spacial score (nSPS) is 10.8. The van der Waals surface area contributed by atoms with Crippen molar-refractivity contribution in [1.29, 1.82) is 0 Å². The van der Waals surface area contributed by atoms with E-state index in [1.165, 1.54) is 0 Å². The summed E-state index contributed by atoms with van der Waals surface area (Å²) in [4.78, 5) is 0. The number of halogens is 1. The lowest BCUT2D eigenvalue weighted by molar-refractivity contribution is 0.298. The quantitative estimate of drug-likeness (QED) is 0.882. The lowest BCUT2D eigenvalue weighted by Gasteiger charge is -2.20. The summed E-state index contributed by atoms with van der Waals surface area (Å²) in [5.41, 5.74) is 1.94. The molecule has 0 radical (unpaired) electrons. The largest absolute Gasteiger partial charge is 0.493 e. The van der Waals surface area contributed by atoms with Gasteiger partial charge in [0.05, 0.1) is 14.2 Å². The first-order valence-electron chi connectivity index (χ1n) is 5.60. The molecule has 1 aromatic carbocycles. The maximum Gasteiger partial charge on any atom is 0.164 e. The fraction of sp³-hybridized carbons (Fsp3) is 0.538. The minimum atomic E-state index is 0.0644. The molecule has 0 atom stereocenters. The third-order valence-corrected chi connectivity index (χ3v) is 3.04. The number of benzene rings is 1. The standard InChI is InChI=1S/C13H19ClO3/c1-8(2)12-9(5-6-15)10(14)7-11(16-3)13(12)17-4/h7-8,15H,5-6H2,1-4H3. The SMILES string of the molecule is COc1cc(Cl)c(CCO)c(C(C)C)c1OC. The van der Waals surface area contributed by atoms with E-state index < -0.39 is 0 Å². The highest BCUT2D eigenvalue weighted by Gasteiger charge is 2.20. The third kappa shape index (κ3) is 2.85. The van der Waals surface area contributed by atoms with Gasteiger partial charge in [-0.3, -0.25) is 0 Å². The molecule has 0 spiro atoms. The number of ether oxygens (including phenoxy) is 2. The number of aliphatic hydroxyl groups is 1. The van der Waals surface area contributed by atoms with Crippen LogP contribution in [0.25, 0.3) is 0 Å². The molecule has 1 N–H and O–H groups in total. The van der Waals surface area contributed by atoms with Gasteiger partial charge in [0.25, 0.3) is 0 Å². The van der Waals surface area contributed by atoms with Gasteiger partial charge in [-0.2, -0.15) is 0 Å². The van der Waals surface area contributed by atoms with E-state index in [0.717, 1.165) is 11.1 Å². The van der Waals surface area contributed by atoms with Crippen LogP contribution in [0.1, 0.15) is 30.9 Å². The molecule has 96 valence electrons. The highest BCUT2D eigenvalue weighted by Crippen LogP contribution is 2.41. The van der Waals surface area contributed by atoms with E-state index in [4.69, 9.17) is 26.2 Å². The van der Waals surface area contributed by atoms with Gasteiger partial charge in [0.1, 0.15) is 0 Å². The average molecular weight is 259 g/mol. The predicted molar refractivity (Wildman–Crippen MR) is 69.4 cm³/mol. The predicted octanol–water partition coefficient (Wildman–Crippen LogP) is 3.02. The van der Waals surface area contributed by atoms with Gasteiger partial charge in [-0.15, -0.1) is 0 Å². The van der Waals surface area contributed by atoms with Crippen LogP contribution in [0.2, 0.25) is 5.02 Å². The summed E-state index contributed by atoms with van der Waals surface area (Å²) < 4.78 is 10.7. The summed E-state index contributed by atoms with van der Waals surface area (Å²) in [5, 5.41) is 9.72. The van der Waals surface area contributed by atoms with Crippen molar-refractivity contribution in [2.75, 3.05) is 20.8 Å². The van der Waals surface area contributed by atoms with Gasteiger partial charge < -0.3 is 14.6 Å². The molecule has 0 aliphatic carbocycles. The third-order valence-electron chi connectivity index (χ3n) is 2.70. The van der Waals surface area contributed by atoms with Crippen molar-refractivity contribution in [3.8, 4) is 11.5 Å². The van der Waals surface area contributed by atoms with Crippen molar-refractivity contribution in [2.45, 2.75) is 26.2 Å². The van der Waals surface area contributed by atoms with Gasteiger partial charge >= 0.3 is 0 Å². The first kappa shape index (κ1) is 14.1. The van der Waals surface area contributed by atoms with Gasteiger partial charge in [0.2, 0.25) is 0 Å². The Labute approximate surface area is 107 Å². The Kier molecular flexibility index (Phi) is 5.09. The van der Waals surface area contributed by atoms with Crippen LogP contribution in [0.4, 0.5) is 0 Å². The zero-order valence-electron chi connectivity index (χ0n) is 10.7. The summed E-state index contributed by atoms with van der Waals surface area (Å²) in [5.74, 6) is 1.58. The van der Waals surface area contributed by atoms with Crippen LogP contribution >= 0.6 is 11.6 Å². The average Bonchev–Trinajstić information content (AvgIpc) is 2.30. The van der Waals surface area contributed by atoms with Gasteiger partial charge in [-0.25, -0.2) is 0 Å². The van der Waals surface area contributed by atoms with E-state index in [-0.39, 0.29) is 12.5 Å². The Hall–Kier alpha value is -0.930. The van der Waals surface area contributed by atoms with Gasteiger partial charge in [-0.1, -0.05) is 25.4 Å². The number of aliphatic hydroxyl groups excluding tert-OH is 1. The molecule has 0 fully saturated rings. The first-order chi connectivity index (χ1) is 8.06. The van der Waals surface area contributed by atoms with Crippen LogP contribution in [0.5, 0.6) is 11.5 Å². The first-order valence-corrected chi connectivity index (χ1v) is 5.98. The summed E-state index contributed by atoms with van der Waals surface area (Å²) in [6.07, 6.45) is 0.521. The Morgan fingerprint density at radius 1 is 1.29 bits per heavy atom. The van der Waals surface area contributed by atoms with Crippen LogP contribution in [-0.2, 0) is 6.42 Å².